The number of furan rings is 1. The Morgan fingerprint density at radius 1 is 1.21 bits per heavy atom. The van der Waals surface area contributed by atoms with Crippen LogP contribution in [0.1, 0.15) is 31.3 Å². The van der Waals surface area contributed by atoms with Gasteiger partial charge in [0.2, 0.25) is 5.91 Å². The van der Waals surface area contributed by atoms with Crippen LogP contribution >= 0.6 is 0 Å². The Bertz CT molecular complexity index is 765. The van der Waals surface area contributed by atoms with Gasteiger partial charge in [0.1, 0.15) is 11.3 Å². The average Bonchev–Trinajstić information content (AvgIpc) is 2.91. The highest BCUT2D eigenvalue weighted by molar-refractivity contribution is 6.10. The number of ether oxygens (including phenoxy) is 1. The third kappa shape index (κ3) is 3.73. The van der Waals surface area contributed by atoms with Crippen molar-refractivity contribution >= 4 is 34.4 Å². The number of hydrogen-bond acceptors (Lipinski definition) is 5. The molecule has 0 atom stereocenters. The summed E-state index contributed by atoms with van der Waals surface area (Å²) in [6, 6.07) is 7.07. The molecule has 2 rings (SSSR count). The van der Waals surface area contributed by atoms with Gasteiger partial charge in [-0.1, -0.05) is 12.1 Å². The minimum atomic E-state index is -0.600. The molecule has 128 valence electrons. The largest absolute Gasteiger partial charge is 0.451 e. The topological polar surface area (TPSA) is 88.9 Å². The van der Waals surface area contributed by atoms with Crippen molar-refractivity contribution in [1.82, 2.24) is 5.32 Å². The van der Waals surface area contributed by atoms with Crippen LogP contribution in [0.2, 0.25) is 0 Å². The molecule has 0 bridgehead atoms. The number of carbonyl (C=O) groups is 3. The van der Waals surface area contributed by atoms with Crippen LogP contribution in [0.5, 0.6) is 0 Å². The van der Waals surface area contributed by atoms with Crippen molar-refractivity contribution < 1.29 is 23.5 Å². The Morgan fingerprint density at radius 3 is 2.54 bits per heavy atom. The fourth-order valence-corrected chi connectivity index (χ4v) is 2.38. The Kier molecular flexibility index (Phi) is 5.57. The molecular weight excluding hydrogens is 312 g/mol. The molecule has 0 radical (unpaired) electrons. The number of carbonyl (C=O) groups excluding carboxylic acids is 3. The first-order chi connectivity index (χ1) is 11.5. The van der Waals surface area contributed by atoms with Gasteiger partial charge in [-0.15, -0.1) is 0 Å². The maximum Gasteiger partial charge on any atom is 0.414 e. The van der Waals surface area contributed by atoms with Crippen LogP contribution in [0, 0.1) is 0 Å². The van der Waals surface area contributed by atoms with E-state index in [1.807, 2.05) is 0 Å². The molecule has 2 amide bonds. The first kappa shape index (κ1) is 17.5. The SMILES string of the molecule is CCOC(=O)N(CCNC(C)=O)c1c(C(C)=O)oc2ccccc12. The first-order valence-electron chi connectivity index (χ1n) is 7.66. The zero-order chi connectivity index (χ0) is 17.7. The number of rotatable bonds is 6. The number of nitrogens with zero attached hydrogens (tertiary/aromatic N) is 1. The highest BCUT2D eigenvalue weighted by Gasteiger charge is 2.27. The minimum Gasteiger partial charge on any atom is -0.451 e. The second-order valence-corrected chi connectivity index (χ2v) is 5.17. The number of ketones is 1. The van der Waals surface area contributed by atoms with Gasteiger partial charge >= 0.3 is 6.09 Å². The van der Waals surface area contributed by atoms with E-state index in [1.54, 1.807) is 31.2 Å². The maximum atomic E-state index is 12.4. The van der Waals surface area contributed by atoms with E-state index in [-0.39, 0.29) is 37.1 Å². The summed E-state index contributed by atoms with van der Waals surface area (Å²) in [6.45, 7) is 5.04. The van der Waals surface area contributed by atoms with Crippen LogP contribution in [0.4, 0.5) is 10.5 Å². The standard InChI is InChI=1S/C17H20N2O5/c1-4-23-17(22)19(10-9-18-12(3)21)15-13-7-5-6-8-14(13)24-16(15)11(2)20/h5-8H,4,9-10H2,1-3H3,(H,18,21). The van der Waals surface area contributed by atoms with Crippen molar-refractivity contribution in [3.63, 3.8) is 0 Å². The molecule has 0 saturated carbocycles. The third-order valence-electron chi connectivity index (χ3n) is 3.36. The van der Waals surface area contributed by atoms with E-state index in [9.17, 15) is 14.4 Å². The van der Waals surface area contributed by atoms with Gasteiger partial charge in [0.15, 0.2) is 11.5 Å². The van der Waals surface area contributed by atoms with E-state index >= 15 is 0 Å². The summed E-state index contributed by atoms with van der Waals surface area (Å²) in [7, 11) is 0. The van der Waals surface area contributed by atoms with E-state index in [1.165, 1.54) is 18.7 Å². The van der Waals surface area contributed by atoms with Gasteiger partial charge in [0.25, 0.3) is 0 Å². The molecule has 0 fully saturated rings. The number of fused-ring (bicyclic) bond motifs is 1. The smallest absolute Gasteiger partial charge is 0.414 e. The number of Topliss-reactive ketones (excluding diaryl/α,β-unsaturated/α-hetero) is 1. The molecule has 0 unspecified atom stereocenters. The molecule has 0 spiro atoms. The molecule has 0 aliphatic carbocycles. The number of benzene rings is 1. The van der Waals surface area contributed by atoms with Crippen LogP contribution in [0.3, 0.4) is 0 Å². The molecule has 7 heteroatoms. The van der Waals surface area contributed by atoms with Crippen molar-refractivity contribution in [3.05, 3.63) is 30.0 Å². The lowest BCUT2D eigenvalue weighted by molar-refractivity contribution is -0.118. The van der Waals surface area contributed by atoms with Crippen molar-refractivity contribution in [3.8, 4) is 0 Å². The van der Waals surface area contributed by atoms with Gasteiger partial charge < -0.3 is 14.5 Å². The normalized spacial score (nSPS) is 10.5. The Labute approximate surface area is 139 Å². The third-order valence-corrected chi connectivity index (χ3v) is 3.36. The first-order valence-corrected chi connectivity index (χ1v) is 7.66. The lowest BCUT2D eigenvalue weighted by Gasteiger charge is -2.21. The second-order valence-electron chi connectivity index (χ2n) is 5.17. The van der Waals surface area contributed by atoms with E-state index in [0.29, 0.717) is 16.7 Å². The number of para-hydroxylation sites is 1. The average molecular weight is 332 g/mol. The molecule has 1 N–H and O–H groups in total. The summed E-state index contributed by atoms with van der Waals surface area (Å²) < 4.78 is 10.7. The zero-order valence-corrected chi connectivity index (χ0v) is 13.9. The van der Waals surface area contributed by atoms with Crippen molar-refractivity contribution in [2.45, 2.75) is 20.8 Å². The summed E-state index contributed by atoms with van der Waals surface area (Å²) in [5.74, 6) is -0.412. The molecule has 0 saturated heterocycles. The van der Waals surface area contributed by atoms with Gasteiger partial charge in [-0.2, -0.15) is 0 Å². The Hall–Kier alpha value is -2.83. The minimum absolute atomic E-state index is 0.0899. The van der Waals surface area contributed by atoms with Crippen molar-refractivity contribution in [2.24, 2.45) is 0 Å². The molecule has 0 aliphatic heterocycles. The number of nitrogens with one attached hydrogen (secondary N) is 1. The van der Waals surface area contributed by atoms with E-state index in [2.05, 4.69) is 5.32 Å². The molecule has 2 aromatic rings. The summed E-state index contributed by atoms with van der Waals surface area (Å²) in [5.41, 5.74) is 0.869. The summed E-state index contributed by atoms with van der Waals surface area (Å²) >= 11 is 0. The fraction of sp³-hybridized carbons (Fsp3) is 0.353. The van der Waals surface area contributed by atoms with Crippen LogP contribution in [-0.2, 0) is 9.53 Å². The van der Waals surface area contributed by atoms with Crippen LogP contribution in [0.15, 0.2) is 28.7 Å². The van der Waals surface area contributed by atoms with E-state index in [0.717, 1.165) is 0 Å². The predicted molar refractivity (Wildman–Crippen MR) is 89.3 cm³/mol. The number of anilines is 1. The molecule has 1 aromatic heterocycles. The summed E-state index contributed by atoms with van der Waals surface area (Å²) in [6.07, 6.45) is -0.600. The van der Waals surface area contributed by atoms with Gasteiger partial charge in [0, 0.05) is 32.3 Å². The number of hydrogen-bond donors (Lipinski definition) is 1. The van der Waals surface area contributed by atoms with Gasteiger partial charge in [-0.3, -0.25) is 14.5 Å². The van der Waals surface area contributed by atoms with Gasteiger partial charge in [-0.25, -0.2) is 4.79 Å². The van der Waals surface area contributed by atoms with Crippen LogP contribution in [0.25, 0.3) is 11.0 Å². The van der Waals surface area contributed by atoms with Crippen molar-refractivity contribution in [2.75, 3.05) is 24.6 Å². The quantitative estimate of drug-likeness (QED) is 0.822. The zero-order valence-electron chi connectivity index (χ0n) is 13.9. The van der Waals surface area contributed by atoms with Crippen LogP contribution < -0.4 is 10.2 Å². The van der Waals surface area contributed by atoms with E-state index in [4.69, 9.17) is 9.15 Å². The van der Waals surface area contributed by atoms with E-state index < -0.39 is 6.09 Å². The molecule has 0 aliphatic rings. The molecule has 1 aromatic carbocycles. The van der Waals surface area contributed by atoms with Crippen molar-refractivity contribution in [1.29, 1.82) is 0 Å². The maximum absolute atomic E-state index is 12.4. The number of amides is 2. The molecular formula is C17H20N2O5. The lowest BCUT2D eigenvalue weighted by Crippen LogP contribution is -2.39. The molecule has 7 nitrogen and oxygen atoms in total. The highest BCUT2D eigenvalue weighted by Crippen LogP contribution is 2.34. The molecule has 24 heavy (non-hydrogen) atoms. The second kappa shape index (κ2) is 7.63. The van der Waals surface area contributed by atoms with Crippen LogP contribution in [-0.4, -0.2) is 37.5 Å². The Balaban J connectivity index is 2.49. The Morgan fingerprint density at radius 2 is 1.92 bits per heavy atom. The van der Waals surface area contributed by atoms with Gasteiger partial charge in [0.05, 0.1) is 6.61 Å². The summed E-state index contributed by atoms with van der Waals surface area (Å²) in [4.78, 5) is 36.7. The fourth-order valence-electron chi connectivity index (χ4n) is 2.38. The van der Waals surface area contributed by atoms with Gasteiger partial charge in [-0.05, 0) is 19.1 Å². The monoisotopic (exact) mass is 332 g/mol. The lowest BCUT2D eigenvalue weighted by atomic mass is 10.1. The highest BCUT2D eigenvalue weighted by atomic mass is 16.6. The summed E-state index contributed by atoms with van der Waals surface area (Å²) in [5, 5.41) is 3.27. The molecule has 1 heterocycles. The predicted octanol–water partition coefficient (Wildman–Crippen LogP) is 2.73.